The Bertz CT molecular complexity index is 832. The number of hydrogen-bond donors (Lipinski definition) is 1. The zero-order chi connectivity index (χ0) is 19.9. The molecule has 1 atom stereocenters. The Balaban J connectivity index is 2.33. The summed E-state index contributed by atoms with van der Waals surface area (Å²) in [5.74, 6) is 0.583. The third-order valence-electron chi connectivity index (χ3n) is 4.42. The molecule has 6 nitrogen and oxygen atoms in total. The minimum Gasteiger partial charge on any atom is -0.497 e. The lowest BCUT2D eigenvalue weighted by Gasteiger charge is -2.23. The van der Waals surface area contributed by atoms with E-state index in [0.717, 1.165) is 0 Å². The van der Waals surface area contributed by atoms with Crippen LogP contribution in [-0.4, -0.2) is 46.1 Å². The second kappa shape index (κ2) is 9.41. The molecule has 0 spiro atoms. The van der Waals surface area contributed by atoms with Crippen LogP contribution in [0.25, 0.3) is 0 Å². The van der Waals surface area contributed by atoms with Crippen LogP contribution in [0.3, 0.4) is 0 Å². The summed E-state index contributed by atoms with van der Waals surface area (Å²) in [5.41, 5.74) is 0.633. The lowest BCUT2D eigenvalue weighted by atomic mass is 10.1. The molecule has 0 aliphatic carbocycles. The van der Waals surface area contributed by atoms with E-state index < -0.39 is 15.1 Å². The Hall–Kier alpha value is -2.54. The summed E-state index contributed by atoms with van der Waals surface area (Å²) in [7, 11) is -2.18. The number of ether oxygens (including phenoxy) is 1. The first-order chi connectivity index (χ1) is 12.9. The van der Waals surface area contributed by atoms with Crippen molar-refractivity contribution in [1.29, 1.82) is 0 Å². The van der Waals surface area contributed by atoms with E-state index in [1.165, 1.54) is 19.2 Å². The van der Waals surface area contributed by atoms with Gasteiger partial charge in [0.15, 0.2) is 9.84 Å². The first-order valence-electron chi connectivity index (χ1n) is 8.89. The first-order valence-corrected chi connectivity index (χ1v) is 10.4. The van der Waals surface area contributed by atoms with Crippen LogP contribution in [-0.2, 0) is 9.84 Å². The number of carbonyl (C=O) groups is 1. The van der Waals surface area contributed by atoms with Crippen LogP contribution in [0.1, 0.15) is 24.7 Å². The van der Waals surface area contributed by atoms with Crippen LogP contribution in [0.2, 0.25) is 0 Å². The normalized spacial score (nSPS) is 12.3. The number of urea groups is 1. The first kappa shape index (κ1) is 20.8. The fourth-order valence-electron chi connectivity index (χ4n) is 2.81. The van der Waals surface area contributed by atoms with Gasteiger partial charge in [-0.2, -0.15) is 0 Å². The fraction of sp³-hybridized carbons (Fsp3) is 0.350. The highest BCUT2D eigenvalue weighted by atomic mass is 32.2. The zero-order valence-corrected chi connectivity index (χ0v) is 16.7. The van der Waals surface area contributed by atoms with E-state index in [1.807, 2.05) is 19.9 Å². The van der Waals surface area contributed by atoms with E-state index in [4.69, 9.17) is 4.74 Å². The molecule has 0 saturated carbocycles. The maximum Gasteiger partial charge on any atom is 0.317 e. The molecule has 27 heavy (non-hydrogen) atoms. The van der Waals surface area contributed by atoms with Crippen molar-refractivity contribution in [3.8, 4) is 5.75 Å². The van der Waals surface area contributed by atoms with Crippen LogP contribution >= 0.6 is 0 Å². The predicted molar refractivity (Wildman–Crippen MR) is 106 cm³/mol. The maximum absolute atomic E-state index is 13.2. The van der Waals surface area contributed by atoms with Crippen molar-refractivity contribution in [2.45, 2.75) is 24.0 Å². The standard InChI is InChI=1S/C20H26N2O4S/c1-4-22(5-2)20(23)21-15-19(16-9-7-6-8-10-16)27(24,25)18-13-11-17(26-3)12-14-18/h6-14,19H,4-5,15H2,1-3H3,(H,21,23). The number of carbonyl (C=O) groups excluding carboxylic acids is 1. The highest BCUT2D eigenvalue weighted by Crippen LogP contribution is 2.29. The number of sulfone groups is 1. The highest BCUT2D eigenvalue weighted by molar-refractivity contribution is 7.91. The summed E-state index contributed by atoms with van der Waals surface area (Å²) in [5, 5.41) is 1.88. The summed E-state index contributed by atoms with van der Waals surface area (Å²) < 4.78 is 31.6. The van der Waals surface area contributed by atoms with Crippen molar-refractivity contribution >= 4 is 15.9 Å². The molecule has 0 fully saturated rings. The Labute approximate surface area is 161 Å². The lowest BCUT2D eigenvalue weighted by molar-refractivity contribution is 0.203. The monoisotopic (exact) mass is 390 g/mol. The molecule has 0 saturated heterocycles. The van der Waals surface area contributed by atoms with E-state index in [-0.39, 0.29) is 17.5 Å². The van der Waals surface area contributed by atoms with Gasteiger partial charge in [0.05, 0.1) is 12.0 Å². The molecule has 1 unspecified atom stereocenters. The molecule has 0 bridgehead atoms. The van der Waals surface area contributed by atoms with Crippen molar-refractivity contribution < 1.29 is 17.9 Å². The van der Waals surface area contributed by atoms with E-state index >= 15 is 0 Å². The van der Waals surface area contributed by atoms with Crippen molar-refractivity contribution in [3.05, 3.63) is 60.2 Å². The van der Waals surface area contributed by atoms with E-state index in [2.05, 4.69) is 5.32 Å². The average Bonchev–Trinajstić information content (AvgIpc) is 2.69. The van der Waals surface area contributed by atoms with Gasteiger partial charge in [0.25, 0.3) is 0 Å². The van der Waals surface area contributed by atoms with Gasteiger partial charge in [0.1, 0.15) is 11.0 Å². The predicted octanol–water partition coefficient (Wildman–Crippen LogP) is 3.26. The van der Waals surface area contributed by atoms with Crippen LogP contribution in [0.5, 0.6) is 5.75 Å². The molecule has 0 aliphatic rings. The molecule has 0 aliphatic heterocycles. The number of amides is 2. The van der Waals surface area contributed by atoms with Crippen LogP contribution in [0.4, 0.5) is 4.79 Å². The molecule has 2 aromatic rings. The number of nitrogens with one attached hydrogen (secondary N) is 1. The summed E-state index contributed by atoms with van der Waals surface area (Å²) in [4.78, 5) is 14.1. The van der Waals surface area contributed by atoms with Crippen molar-refractivity contribution in [2.75, 3.05) is 26.7 Å². The fourth-order valence-corrected chi connectivity index (χ4v) is 4.47. The van der Waals surface area contributed by atoms with Gasteiger partial charge in [-0.25, -0.2) is 13.2 Å². The topological polar surface area (TPSA) is 75.7 Å². The van der Waals surface area contributed by atoms with E-state index in [9.17, 15) is 13.2 Å². The van der Waals surface area contributed by atoms with Crippen LogP contribution in [0, 0.1) is 0 Å². The molecular formula is C20H26N2O4S. The molecule has 0 radical (unpaired) electrons. The third-order valence-corrected chi connectivity index (χ3v) is 6.54. The van der Waals surface area contributed by atoms with Gasteiger partial charge in [0, 0.05) is 19.6 Å². The number of nitrogens with zero attached hydrogens (tertiary/aromatic N) is 1. The Kier molecular flexibility index (Phi) is 7.24. The second-order valence-corrected chi connectivity index (χ2v) is 8.11. The summed E-state index contributed by atoms with van der Waals surface area (Å²) in [6.07, 6.45) is 0. The largest absolute Gasteiger partial charge is 0.497 e. The van der Waals surface area contributed by atoms with E-state index in [0.29, 0.717) is 24.4 Å². The van der Waals surface area contributed by atoms with Gasteiger partial charge in [-0.15, -0.1) is 0 Å². The Morgan fingerprint density at radius 1 is 1.04 bits per heavy atom. The van der Waals surface area contributed by atoms with Gasteiger partial charge in [-0.1, -0.05) is 30.3 Å². The molecule has 2 rings (SSSR count). The highest BCUT2D eigenvalue weighted by Gasteiger charge is 2.30. The summed E-state index contributed by atoms with van der Waals surface area (Å²) in [6.45, 7) is 4.87. The van der Waals surface area contributed by atoms with Gasteiger partial charge < -0.3 is 15.0 Å². The van der Waals surface area contributed by atoms with Crippen LogP contribution in [0.15, 0.2) is 59.5 Å². The van der Waals surface area contributed by atoms with E-state index in [1.54, 1.807) is 41.3 Å². The molecule has 146 valence electrons. The minimum atomic E-state index is -3.70. The van der Waals surface area contributed by atoms with Gasteiger partial charge in [0.2, 0.25) is 0 Å². The molecule has 1 N–H and O–H groups in total. The summed E-state index contributed by atoms with van der Waals surface area (Å²) in [6, 6.07) is 14.9. The van der Waals surface area contributed by atoms with Gasteiger partial charge in [-0.3, -0.25) is 0 Å². The van der Waals surface area contributed by atoms with Crippen molar-refractivity contribution in [3.63, 3.8) is 0 Å². The van der Waals surface area contributed by atoms with Crippen molar-refractivity contribution in [1.82, 2.24) is 10.2 Å². The average molecular weight is 391 g/mol. The Morgan fingerprint density at radius 3 is 2.15 bits per heavy atom. The molecule has 7 heteroatoms. The molecule has 0 aromatic heterocycles. The minimum absolute atomic E-state index is 0.00624. The molecule has 2 aromatic carbocycles. The molecule has 2 amide bonds. The number of benzene rings is 2. The van der Waals surface area contributed by atoms with Crippen molar-refractivity contribution in [2.24, 2.45) is 0 Å². The zero-order valence-electron chi connectivity index (χ0n) is 15.9. The maximum atomic E-state index is 13.2. The van der Waals surface area contributed by atoms with Crippen LogP contribution < -0.4 is 10.1 Å². The smallest absolute Gasteiger partial charge is 0.317 e. The molecule has 0 heterocycles. The van der Waals surface area contributed by atoms with Gasteiger partial charge in [-0.05, 0) is 43.7 Å². The quantitative estimate of drug-likeness (QED) is 0.751. The number of rotatable bonds is 8. The second-order valence-electron chi connectivity index (χ2n) is 5.98. The number of hydrogen-bond acceptors (Lipinski definition) is 4. The van der Waals surface area contributed by atoms with Gasteiger partial charge >= 0.3 is 6.03 Å². The summed E-state index contributed by atoms with van der Waals surface area (Å²) >= 11 is 0. The lowest BCUT2D eigenvalue weighted by Crippen LogP contribution is -2.42. The molecular weight excluding hydrogens is 364 g/mol. The Morgan fingerprint density at radius 2 is 1.63 bits per heavy atom. The third kappa shape index (κ3) is 5.01. The number of methoxy groups -OCH3 is 1. The SMILES string of the molecule is CCN(CC)C(=O)NCC(c1ccccc1)S(=O)(=O)c1ccc(OC)cc1.